The summed E-state index contributed by atoms with van der Waals surface area (Å²) in [6.45, 7) is 2.88. The molecule has 2 heterocycles. The van der Waals surface area contributed by atoms with Gasteiger partial charge in [-0.05, 0) is 12.3 Å². The Bertz CT molecular complexity index is 585. The van der Waals surface area contributed by atoms with Crippen molar-refractivity contribution in [3.8, 4) is 0 Å². The minimum Gasteiger partial charge on any atom is -0.396 e. The Labute approximate surface area is 104 Å². The van der Waals surface area contributed by atoms with Gasteiger partial charge in [0.1, 0.15) is 5.65 Å². The van der Waals surface area contributed by atoms with Gasteiger partial charge >= 0.3 is 5.56 Å². The van der Waals surface area contributed by atoms with Crippen LogP contribution in [0.15, 0.2) is 11.1 Å². The quantitative estimate of drug-likeness (QED) is 0.698. The van der Waals surface area contributed by atoms with Crippen molar-refractivity contribution >= 4 is 17.1 Å². The van der Waals surface area contributed by atoms with Crippen molar-refractivity contribution in [2.24, 2.45) is 5.92 Å². The van der Waals surface area contributed by atoms with Crippen molar-refractivity contribution in [1.29, 1.82) is 0 Å². The summed E-state index contributed by atoms with van der Waals surface area (Å²) in [5.41, 5.74) is 5.97. The molecule has 0 saturated carbocycles. The lowest BCUT2D eigenvalue weighted by atomic mass is 10.0. The second-order valence-electron chi connectivity index (χ2n) is 4.31. The normalized spacial score (nSPS) is 13.0. The Kier molecular flexibility index (Phi) is 3.61. The number of aromatic nitrogens is 4. The molecule has 0 aliphatic rings. The van der Waals surface area contributed by atoms with Gasteiger partial charge in [-0.3, -0.25) is 4.79 Å². The highest BCUT2D eigenvalue weighted by atomic mass is 16.3. The standard InChI is InChI=1S/C11H17N5O2/c1-2-7(5-17)3-4-16-6-13-8-9(16)14-11(12)15-10(8)18/h6-7,17H,2-5H2,1H3,(H3,12,14,15,18). The molecule has 2 aromatic rings. The number of aliphatic hydroxyl groups excluding tert-OH is 1. The van der Waals surface area contributed by atoms with Crippen LogP contribution in [0.4, 0.5) is 5.95 Å². The van der Waals surface area contributed by atoms with Crippen molar-refractivity contribution in [1.82, 2.24) is 19.5 Å². The number of aryl methyl sites for hydroxylation is 1. The number of rotatable bonds is 5. The van der Waals surface area contributed by atoms with E-state index in [0.717, 1.165) is 12.8 Å². The Balaban J connectivity index is 2.27. The van der Waals surface area contributed by atoms with Gasteiger partial charge in [0, 0.05) is 13.2 Å². The Hall–Kier alpha value is -1.89. The molecule has 0 aliphatic carbocycles. The average molecular weight is 251 g/mol. The van der Waals surface area contributed by atoms with Crippen LogP contribution in [-0.4, -0.2) is 31.2 Å². The maximum Gasteiger partial charge on any atom is 0.302 e. The number of aliphatic hydroxyl groups is 1. The smallest absolute Gasteiger partial charge is 0.302 e. The number of nitrogens with zero attached hydrogens (tertiary/aromatic N) is 3. The van der Waals surface area contributed by atoms with Gasteiger partial charge in [-0.1, -0.05) is 13.3 Å². The highest BCUT2D eigenvalue weighted by molar-refractivity contribution is 5.70. The molecule has 0 radical (unpaired) electrons. The number of nitrogen functional groups attached to an aromatic ring is 1. The van der Waals surface area contributed by atoms with E-state index >= 15 is 0 Å². The zero-order valence-corrected chi connectivity index (χ0v) is 10.3. The van der Waals surface area contributed by atoms with E-state index in [1.54, 1.807) is 6.33 Å². The Morgan fingerprint density at radius 3 is 3.06 bits per heavy atom. The van der Waals surface area contributed by atoms with Gasteiger partial charge < -0.3 is 20.4 Å². The third-order valence-corrected chi connectivity index (χ3v) is 3.12. The Morgan fingerprint density at radius 2 is 2.39 bits per heavy atom. The molecule has 1 unspecified atom stereocenters. The van der Waals surface area contributed by atoms with Crippen LogP contribution in [0, 0.1) is 5.92 Å². The number of nitrogens with one attached hydrogen (secondary N) is 1. The minimum atomic E-state index is -0.422. The maximum absolute atomic E-state index is 11.5. The van der Waals surface area contributed by atoms with E-state index in [2.05, 4.69) is 15.0 Å². The molecule has 2 rings (SSSR count). The molecule has 0 amide bonds. The van der Waals surface area contributed by atoms with E-state index in [1.165, 1.54) is 0 Å². The van der Waals surface area contributed by atoms with Crippen molar-refractivity contribution in [2.45, 2.75) is 26.3 Å². The van der Waals surface area contributed by atoms with Crippen molar-refractivity contribution in [3.63, 3.8) is 0 Å². The molecule has 0 aromatic carbocycles. The molecule has 98 valence electrons. The fourth-order valence-corrected chi connectivity index (χ4v) is 1.90. The number of hydrogen-bond donors (Lipinski definition) is 3. The summed E-state index contributed by atoms with van der Waals surface area (Å²) in [6.07, 6.45) is 3.33. The van der Waals surface area contributed by atoms with Gasteiger partial charge in [-0.25, -0.2) is 4.98 Å². The highest BCUT2D eigenvalue weighted by Gasteiger charge is 2.10. The molecule has 0 aliphatic heterocycles. The molecule has 0 fully saturated rings. The minimum absolute atomic E-state index is 0.0865. The topological polar surface area (TPSA) is 110 Å². The first-order chi connectivity index (χ1) is 8.65. The third-order valence-electron chi connectivity index (χ3n) is 3.12. The summed E-state index contributed by atoms with van der Waals surface area (Å²) >= 11 is 0. The predicted octanol–water partition coefficient (Wildman–Crippen LogP) is 0.110. The number of anilines is 1. The highest BCUT2D eigenvalue weighted by Crippen LogP contribution is 2.12. The molecule has 18 heavy (non-hydrogen) atoms. The van der Waals surface area contributed by atoms with Gasteiger partial charge in [-0.15, -0.1) is 0 Å². The van der Waals surface area contributed by atoms with E-state index in [0.29, 0.717) is 17.7 Å². The number of aromatic amines is 1. The summed E-state index contributed by atoms with van der Waals surface area (Å²) in [4.78, 5) is 22.0. The van der Waals surface area contributed by atoms with Crippen LogP contribution in [0.5, 0.6) is 0 Å². The number of H-pyrrole nitrogens is 1. The van der Waals surface area contributed by atoms with Crippen LogP contribution in [-0.2, 0) is 6.54 Å². The van der Waals surface area contributed by atoms with E-state index in [1.807, 2.05) is 11.5 Å². The van der Waals surface area contributed by atoms with Gasteiger partial charge in [0.05, 0.1) is 6.33 Å². The molecule has 4 N–H and O–H groups in total. The zero-order chi connectivity index (χ0) is 13.1. The van der Waals surface area contributed by atoms with Crippen LogP contribution in [0.25, 0.3) is 11.2 Å². The fraction of sp³-hybridized carbons (Fsp3) is 0.545. The van der Waals surface area contributed by atoms with Crippen LogP contribution in [0.3, 0.4) is 0 Å². The third kappa shape index (κ3) is 2.35. The SMILES string of the molecule is CCC(CO)CCn1cnc2c(=O)nc(N)[nH]c21. The number of nitrogens with two attached hydrogens (primary N) is 1. The van der Waals surface area contributed by atoms with Crippen LogP contribution in [0.2, 0.25) is 0 Å². The van der Waals surface area contributed by atoms with Crippen molar-refractivity contribution in [3.05, 3.63) is 16.7 Å². The van der Waals surface area contributed by atoms with Gasteiger partial charge in [0.15, 0.2) is 5.52 Å². The van der Waals surface area contributed by atoms with E-state index in [4.69, 9.17) is 10.8 Å². The lowest BCUT2D eigenvalue weighted by molar-refractivity contribution is 0.210. The molecule has 2 aromatic heterocycles. The molecule has 7 heteroatoms. The lowest BCUT2D eigenvalue weighted by Gasteiger charge is -2.11. The fourth-order valence-electron chi connectivity index (χ4n) is 1.90. The van der Waals surface area contributed by atoms with Crippen molar-refractivity contribution < 1.29 is 5.11 Å². The summed E-state index contributed by atoms with van der Waals surface area (Å²) in [5, 5.41) is 9.14. The summed E-state index contributed by atoms with van der Waals surface area (Å²) in [6, 6.07) is 0. The first-order valence-corrected chi connectivity index (χ1v) is 5.97. The molecular weight excluding hydrogens is 234 g/mol. The zero-order valence-electron chi connectivity index (χ0n) is 10.3. The molecular formula is C11H17N5O2. The van der Waals surface area contributed by atoms with E-state index in [9.17, 15) is 4.79 Å². The molecule has 0 spiro atoms. The summed E-state index contributed by atoms with van der Waals surface area (Å²) < 4.78 is 1.83. The monoisotopic (exact) mass is 251 g/mol. The van der Waals surface area contributed by atoms with Gasteiger partial charge in [0.25, 0.3) is 0 Å². The van der Waals surface area contributed by atoms with E-state index < -0.39 is 5.56 Å². The summed E-state index contributed by atoms with van der Waals surface area (Å²) in [5.74, 6) is 0.344. The summed E-state index contributed by atoms with van der Waals surface area (Å²) in [7, 11) is 0. The second-order valence-corrected chi connectivity index (χ2v) is 4.31. The van der Waals surface area contributed by atoms with Gasteiger partial charge in [0.2, 0.25) is 5.95 Å². The molecule has 0 saturated heterocycles. The molecule has 1 atom stereocenters. The number of hydrogen-bond acceptors (Lipinski definition) is 5. The number of fused-ring (bicyclic) bond motifs is 1. The largest absolute Gasteiger partial charge is 0.396 e. The number of imidazole rings is 1. The first kappa shape index (κ1) is 12.6. The van der Waals surface area contributed by atoms with Crippen LogP contribution >= 0.6 is 0 Å². The van der Waals surface area contributed by atoms with Crippen LogP contribution < -0.4 is 11.3 Å². The first-order valence-electron chi connectivity index (χ1n) is 5.97. The van der Waals surface area contributed by atoms with Gasteiger partial charge in [-0.2, -0.15) is 4.98 Å². The van der Waals surface area contributed by atoms with Crippen LogP contribution in [0.1, 0.15) is 19.8 Å². The van der Waals surface area contributed by atoms with Crippen molar-refractivity contribution in [2.75, 3.05) is 12.3 Å². The average Bonchev–Trinajstić information content (AvgIpc) is 2.74. The van der Waals surface area contributed by atoms with E-state index in [-0.39, 0.29) is 18.5 Å². The molecule has 0 bridgehead atoms. The maximum atomic E-state index is 11.5. The lowest BCUT2D eigenvalue weighted by Crippen LogP contribution is -2.13. The Morgan fingerprint density at radius 1 is 1.61 bits per heavy atom. The predicted molar refractivity (Wildman–Crippen MR) is 68.0 cm³/mol. The molecule has 7 nitrogen and oxygen atoms in total. The second kappa shape index (κ2) is 5.18.